The summed E-state index contributed by atoms with van der Waals surface area (Å²) in [7, 11) is 0. The summed E-state index contributed by atoms with van der Waals surface area (Å²) in [4.78, 5) is 48.3. The first-order valence-electron chi connectivity index (χ1n) is 10.7. The zero-order valence-corrected chi connectivity index (χ0v) is 18.3. The van der Waals surface area contributed by atoms with Crippen molar-refractivity contribution in [1.29, 1.82) is 0 Å². The zero-order chi connectivity index (χ0) is 22.7. The average Bonchev–Trinajstić information content (AvgIpc) is 2.66. The molecule has 0 radical (unpaired) electrons. The molecule has 0 aromatic carbocycles. The number of hydrogen-bond acceptors (Lipinski definition) is 8. The second-order valence-corrected chi connectivity index (χ2v) is 7.37. The van der Waals surface area contributed by atoms with Crippen molar-refractivity contribution >= 4 is 23.9 Å². The van der Waals surface area contributed by atoms with E-state index in [1.165, 1.54) is 0 Å². The van der Waals surface area contributed by atoms with E-state index in [9.17, 15) is 24.3 Å². The van der Waals surface area contributed by atoms with E-state index >= 15 is 0 Å². The Labute approximate surface area is 177 Å². The van der Waals surface area contributed by atoms with Crippen molar-refractivity contribution in [2.24, 2.45) is 11.8 Å². The minimum Gasteiger partial charge on any atom is -0.481 e. The highest BCUT2D eigenvalue weighted by Crippen LogP contribution is 2.34. The fourth-order valence-electron chi connectivity index (χ4n) is 3.40. The molecular formula is C21H34O9. The second-order valence-electron chi connectivity index (χ2n) is 7.37. The Morgan fingerprint density at radius 3 is 1.73 bits per heavy atom. The van der Waals surface area contributed by atoms with E-state index in [-0.39, 0.29) is 32.3 Å². The summed E-state index contributed by atoms with van der Waals surface area (Å²) in [5.74, 6) is -4.35. The van der Waals surface area contributed by atoms with Crippen molar-refractivity contribution in [3.63, 3.8) is 0 Å². The van der Waals surface area contributed by atoms with Crippen LogP contribution in [0.25, 0.3) is 0 Å². The monoisotopic (exact) mass is 430 g/mol. The summed E-state index contributed by atoms with van der Waals surface area (Å²) >= 11 is 0. The SMILES string of the molecule is CCCC(=O)OC1OC[C@@H](C(CC)C(=O)O)[C@H](OC(=O)CCC)[C@H]1OC(=O)CCC. The van der Waals surface area contributed by atoms with Crippen molar-refractivity contribution in [3.8, 4) is 0 Å². The molecule has 1 saturated heterocycles. The van der Waals surface area contributed by atoms with Gasteiger partial charge in [-0.15, -0.1) is 0 Å². The molecule has 1 fully saturated rings. The highest BCUT2D eigenvalue weighted by molar-refractivity contribution is 5.72. The third-order valence-corrected chi connectivity index (χ3v) is 4.89. The summed E-state index contributed by atoms with van der Waals surface area (Å²) in [5.41, 5.74) is 0. The molecule has 2 unspecified atom stereocenters. The van der Waals surface area contributed by atoms with Gasteiger partial charge >= 0.3 is 23.9 Å². The minimum absolute atomic E-state index is 0.110. The molecule has 9 nitrogen and oxygen atoms in total. The van der Waals surface area contributed by atoms with E-state index < -0.39 is 54.2 Å². The number of carboxylic acid groups (broad SMARTS) is 1. The Kier molecular flexibility index (Phi) is 11.4. The molecule has 1 N–H and O–H groups in total. The normalized spacial score (nSPS) is 24.5. The highest BCUT2D eigenvalue weighted by Gasteiger charge is 2.50. The molecule has 9 heteroatoms. The van der Waals surface area contributed by atoms with Gasteiger partial charge in [-0.1, -0.05) is 27.7 Å². The lowest BCUT2D eigenvalue weighted by molar-refractivity contribution is -0.268. The van der Waals surface area contributed by atoms with E-state index in [0.717, 1.165) is 0 Å². The van der Waals surface area contributed by atoms with E-state index in [1.807, 2.05) is 13.8 Å². The maximum Gasteiger partial charge on any atom is 0.308 e. The summed E-state index contributed by atoms with van der Waals surface area (Å²) in [6, 6.07) is 0. The number of ether oxygens (including phenoxy) is 4. The molecule has 1 heterocycles. The molecular weight excluding hydrogens is 396 g/mol. The van der Waals surface area contributed by atoms with Crippen molar-refractivity contribution in [1.82, 2.24) is 0 Å². The number of esters is 3. The van der Waals surface area contributed by atoms with Crippen LogP contribution in [0.3, 0.4) is 0 Å². The van der Waals surface area contributed by atoms with Crippen molar-refractivity contribution in [2.45, 2.75) is 91.1 Å². The predicted molar refractivity (Wildman–Crippen MR) is 105 cm³/mol. The van der Waals surface area contributed by atoms with Gasteiger partial charge in [0.15, 0.2) is 6.10 Å². The molecule has 0 aromatic rings. The van der Waals surface area contributed by atoms with Crippen LogP contribution in [0.15, 0.2) is 0 Å². The molecule has 0 saturated carbocycles. The maximum atomic E-state index is 12.3. The van der Waals surface area contributed by atoms with Gasteiger partial charge in [0.2, 0.25) is 12.4 Å². The number of rotatable bonds is 12. The largest absolute Gasteiger partial charge is 0.481 e. The molecule has 0 aromatic heterocycles. The lowest BCUT2D eigenvalue weighted by Gasteiger charge is -2.42. The Morgan fingerprint density at radius 1 is 0.833 bits per heavy atom. The molecule has 0 aliphatic carbocycles. The second kappa shape index (κ2) is 13.2. The van der Waals surface area contributed by atoms with Gasteiger partial charge in [-0.05, 0) is 25.7 Å². The van der Waals surface area contributed by atoms with Crippen molar-refractivity contribution < 1.29 is 43.2 Å². The molecule has 1 rings (SSSR count). The number of carbonyl (C=O) groups is 4. The van der Waals surface area contributed by atoms with Crippen LogP contribution in [0.4, 0.5) is 0 Å². The van der Waals surface area contributed by atoms with Crippen LogP contribution in [0.2, 0.25) is 0 Å². The fourth-order valence-corrected chi connectivity index (χ4v) is 3.40. The number of aliphatic carboxylic acids is 1. The minimum atomic E-state index is -1.27. The van der Waals surface area contributed by atoms with E-state index in [0.29, 0.717) is 19.3 Å². The lowest BCUT2D eigenvalue weighted by Crippen LogP contribution is -2.57. The average molecular weight is 430 g/mol. The number of carboxylic acids is 1. The highest BCUT2D eigenvalue weighted by atomic mass is 16.7. The fraction of sp³-hybridized carbons (Fsp3) is 0.810. The molecule has 172 valence electrons. The van der Waals surface area contributed by atoms with Crippen molar-refractivity contribution in [2.75, 3.05) is 6.61 Å². The Bertz CT molecular complexity index is 589. The third-order valence-electron chi connectivity index (χ3n) is 4.89. The standard InChI is InChI=1S/C21H34O9/c1-5-9-15(22)28-18-14(13(8-4)20(25)26)12-27-21(30-17(24)11-7-3)19(18)29-16(23)10-6-2/h13-14,18-19,21H,5-12H2,1-4H3,(H,25,26)/t13?,14-,18-,19+,21?/m0/s1. The molecule has 5 atom stereocenters. The van der Waals surface area contributed by atoms with Crippen LogP contribution >= 0.6 is 0 Å². The van der Waals surface area contributed by atoms with Crippen LogP contribution in [-0.2, 0) is 38.1 Å². The van der Waals surface area contributed by atoms with Gasteiger partial charge in [-0.2, -0.15) is 0 Å². The smallest absolute Gasteiger partial charge is 0.308 e. The molecule has 0 amide bonds. The van der Waals surface area contributed by atoms with E-state index in [4.69, 9.17) is 18.9 Å². The Balaban J connectivity index is 3.25. The van der Waals surface area contributed by atoms with Gasteiger partial charge in [0.05, 0.1) is 12.5 Å². The lowest BCUT2D eigenvalue weighted by atomic mass is 9.82. The summed E-state index contributed by atoms with van der Waals surface area (Å²) in [6.07, 6.45) is -1.33. The van der Waals surface area contributed by atoms with Gasteiger partial charge in [-0.25, -0.2) is 0 Å². The number of carbonyl (C=O) groups excluding carboxylic acids is 3. The Morgan fingerprint density at radius 2 is 1.30 bits per heavy atom. The predicted octanol–water partition coefficient (Wildman–Crippen LogP) is 2.84. The molecule has 0 spiro atoms. The maximum absolute atomic E-state index is 12.3. The summed E-state index contributed by atoms with van der Waals surface area (Å²) in [5, 5.41) is 9.63. The first-order valence-corrected chi connectivity index (χ1v) is 10.7. The van der Waals surface area contributed by atoms with Crippen LogP contribution in [0.5, 0.6) is 0 Å². The summed E-state index contributed by atoms with van der Waals surface area (Å²) < 4.78 is 22.1. The van der Waals surface area contributed by atoms with Crippen molar-refractivity contribution in [3.05, 3.63) is 0 Å². The summed E-state index contributed by atoms with van der Waals surface area (Å²) in [6.45, 7) is 7.02. The first-order chi connectivity index (χ1) is 14.3. The van der Waals surface area contributed by atoms with Gasteiger partial charge in [0.1, 0.15) is 0 Å². The van der Waals surface area contributed by atoms with E-state index in [1.54, 1.807) is 13.8 Å². The van der Waals surface area contributed by atoms with Crippen LogP contribution in [-0.4, -0.2) is 54.1 Å². The van der Waals surface area contributed by atoms with Gasteiger partial charge in [0, 0.05) is 25.2 Å². The molecule has 30 heavy (non-hydrogen) atoms. The van der Waals surface area contributed by atoms with Crippen LogP contribution < -0.4 is 0 Å². The first kappa shape index (κ1) is 25.9. The Hall–Kier alpha value is -2.16. The molecule has 0 bridgehead atoms. The van der Waals surface area contributed by atoms with Gasteiger partial charge in [0.25, 0.3) is 0 Å². The topological polar surface area (TPSA) is 125 Å². The van der Waals surface area contributed by atoms with Crippen LogP contribution in [0.1, 0.15) is 72.6 Å². The third kappa shape index (κ3) is 7.59. The molecule has 1 aliphatic rings. The van der Waals surface area contributed by atoms with E-state index in [2.05, 4.69) is 0 Å². The quantitative estimate of drug-likeness (QED) is 0.367. The van der Waals surface area contributed by atoms with Gasteiger partial charge < -0.3 is 24.1 Å². The number of hydrogen-bond donors (Lipinski definition) is 1. The van der Waals surface area contributed by atoms with Gasteiger partial charge in [-0.3, -0.25) is 19.2 Å². The van der Waals surface area contributed by atoms with Crippen LogP contribution in [0, 0.1) is 11.8 Å². The molecule has 1 aliphatic heterocycles. The zero-order valence-electron chi connectivity index (χ0n) is 18.3.